The third-order valence-corrected chi connectivity index (χ3v) is 7.99. The zero-order valence-electron chi connectivity index (χ0n) is 19.6. The number of nitrogens with zero attached hydrogens (tertiary/aromatic N) is 1. The molecule has 0 aliphatic rings. The van der Waals surface area contributed by atoms with E-state index in [2.05, 4.69) is 144 Å². The van der Waals surface area contributed by atoms with Crippen molar-refractivity contribution < 1.29 is 0 Å². The van der Waals surface area contributed by atoms with Crippen molar-refractivity contribution in [3.8, 4) is 11.1 Å². The van der Waals surface area contributed by atoms with Gasteiger partial charge in [-0.2, -0.15) is 0 Å². The zero-order valence-corrected chi connectivity index (χ0v) is 20.5. The van der Waals surface area contributed by atoms with Crippen LogP contribution in [-0.4, -0.2) is 0 Å². The van der Waals surface area contributed by atoms with Gasteiger partial charge in [-0.25, -0.2) is 0 Å². The lowest BCUT2D eigenvalue weighted by molar-refractivity contribution is 1.30. The van der Waals surface area contributed by atoms with E-state index in [4.69, 9.17) is 0 Å². The Morgan fingerprint density at radius 2 is 1.08 bits per heavy atom. The van der Waals surface area contributed by atoms with Crippen LogP contribution in [0.4, 0.5) is 17.1 Å². The molecule has 170 valence electrons. The fourth-order valence-electron chi connectivity index (χ4n) is 5.14. The van der Waals surface area contributed by atoms with Crippen molar-refractivity contribution >= 4 is 59.3 Å². The summed E-state index contributed by atoms with van der Waals surface area (Å²) in [6.45, 7) is 0. The minimum Gasteiger partial charge on any atom is -0.310 e. The molecule has 0 atom stereocenters. The molecule has 1 aromatic heterocycles. The maximum atomic E-state index is 2.37. The molecule has 1 heterocycles. The maximum Gasteiger partial charge on any atom is 0.0540 e. The molecule has 0 saturated carbocycles. The lowest BCUT2D eigenvalue weighted by Gasteiger charge is -2.27. The smallest absolute Gasteiger partial charge is 0.0540 e. The lowest BCUT2D eigenvalue weighted by atomic mass is 10.0. The molecule has 0 aliphatic heterocycles. The van der Waals surface area contributed by atoms with Gasteiger partial charge in [0.25, 0.3) is 0 Å². The summed E-state index contributed by atoms with van der Waals surface area (Å²) < 4.78 is 2.67. The van der Waals surface area contributed by atoms with E-state index in [0.717, 1.165) is 11.4 Å². The highest BCUT2D eigenvalue weighted by Gasteiger charge is 2.16. The largest absolute Gasteiger partial charge is 0.310 e. The van der Waals surface area contributed by atoms with E-state index >= 15 is 0 Å². The van der Waals surface area contributed by atoms with Gasteiger partial charge in [-0.1, -0.05) is 91.0 Å². The molecule has 0 aliphatic carbocycles. The molecule has 0 spiro atoms. The Labute approximate surface area is 214 Å². The number of fused-ring (bicyclic) bond motifs is 4. The third-order valence-electron chi connectivity index (χ3n) is 6.84. The van der Waals surface area contributed by atoms with Gasteiger partial charge in [-0.15, -0.1) is 11.3 Å². The van der Waals surface area contributed by atoms with E-state index in [9.17, 15) is 0 Å². The molecule has 2 heteroatoms. The third kappa shape index (κ3) is 3.55. The second kappa shape index (κ2) is 8.67. The Morgan fingerprint density at radius 1 is 0.417 bits per heavy atom. The quantitative estimate of drug-likeness (QED) is 0.244. The average molecular weight is 478 g/mol. The van der Waals surface area contributed by atoms with Crippen molar-refractivity contribution in [3.63, 3.8) is 0 Å². The highest BCUT2D eigenvalue weighted by molar-refractivity contribution is 7.25. The molecule has 0 fully saturated rings. The lowest BCUT2D eigenvalue weighted by Crippen LogP contribution is -2.10. The van der Waals surface area contributed by atoms with Crippen LogP contribution in [0.1, 0.15) is 0 Å². The summed E-state index contributed by atoms with van der Waals surface area (Å²) in [6.07, 6.45) is 0. The normalized spacial score (nSPS) is 11.3. The number of hydrogen-bond acceptors (Lipinski definition) is 2. The van der Waals surface area contributed by atoms with Crippen LogP contribution in [0.25, 0.3) is 42.1 Å². The summed E-state index contributed by atoms with van der Waals surface area (Å²) in [4.78, 5) is 2.37. The summed E-state index contributed by atoms with van der Waals surface area (Å²) in [5.74, 6) is 0. The second-order valence-corrected chi connectivity index (χ2v) is 10.1. The van der Waals surface area contributed by atoms with Crippen molar-refractivity contribution in [1.82, 2.24) is 0 Å². The molecule has 36 heavy (non-hydrogen) atoms. The van der Waals surface area contributed by atoms with Gasteiger partial charge in [0.05, 0.1) is 5.69 Å². The van der Waals surface area contributed by atoms with Gasteiger partial charge in [-0.3, -0.25) is 0 Å². The maximum absolute atomic E-state index is 2.37. The van der Waals surface area contributed by atoms with Crippen LogP contribution in [0.2, 0.25) is 0 Å². The summed E-state index contributed by atoms with van der Waals surface area (Å²) in [5, 5.41) is 5.13. The summed E-state index contributed by atoms with van der Waals surface area (Å²) in [5.41, 5.74) is 5.91. The SMILES string of the molecule is c1ccc(N(c2cccc(-c3ccc4sc5ccccc5c4c3)c2)c2cccc3ccccc23)cc1. The van der Waals surface area contributed by atoms with E-state index in [0.29, 0.717) is 0 Å². The highest BCUT2D eigenvalue weighted by Crippen LogP contribution is 2.41. The highest BCUT2D eigenvalue weighted by atomic mass is 32.1. The fourth-order valence-corrected chi connectivity index (χ4v) is 6.22. The first-order valence-electron chi connectivity index (χ1n) is 12.2. The van der Waals surface area contributed by atoms with E-state index in [1.54, 1.807) is 0 Å². The molecule has 7 rings (SSSR count). The van der Waals surface area contributed by atoms with Gasteiger partial charge in [-0.05, 0) is 65.0 Å². The Kier molecular flexibility index (Phi) is 5.04. The first-order chi connectivity index (χ1) is 17.8. The number of rotatable bonds is 4. The van der Waals surface area contributed by atoms with Crippen molar-refractivity contribution in [1.29, 1.82) is 0 Å². The van der Waals surface area contributed by atoms with Crippen molar-refractivity contribution in [2.75, 3.05) is 4.90 Å². The number of para-hydroxylation sites is 1. The molecule has 1 nitrogen and oxygen atoms in total. The summed E-state index contributed by atoms with van der Waals surface area (Å²) >= 11 is 1.86. The number of benzene rings is 6. The first kappa shape index (κ1) is 20.9. The Morgan fingerprint density at radius 3 is 2.00 bits per heavy atom. The van der Waals surface area contributed by atoms with Gasteiger partial charge in [0.15, 0.2) is 0 Å². The molecule has 0 unspecified atom stereocenters. The molecule has 0 amide bonds. The molecule has 0 bridgehead atoms. The van der Waals surface area contributed by atoms with Crippen molar-refractivity contribution in [2.45, 2.75) is 0 Å². The van der Waals surface area contributed by atoms with Crippen LogP contribution in [0.5, 0.6) is 0 Å². The van der Waals surface area contributed by atoms with Crippen LogP contribution in [0.15, 0.2) is 140 Å². The number of hydrogen-bond donors (Lipinski definition) is 0. The Hall–Kier alpha value is -4.40. The van der Waals surface area contributed by atoms with Crippen LogP contribution in [0.3, 0.4) is 0 Å². The van der Waals surface area contributed by atoms with Gasteiger partial charge in [0.1, 0.15) is 0 Å². The van der Waals surface area contributed by atoms with Gasteiger partial charge in [0.2, 0.25) is 0 Å². The Bertz CT molecular complexity index is 1840. The van der Waals surface area contributed by atoms with Crippen LogP contribution in [-0.2, 0) is 0 Å². The zero-order chi connectivity index (χ0) is 23.9. The van der Waals surface area contributed by atoms with Gasteiger partial charge in [0, 0.05) is 36.9 Å². The summed E-state index contributed by atoms with van der Waals surface area (Å²) in [7, 11) is 0. The van der Waals surface area contributed by atoms with E-state index in [-0.39, 0.29) is 0 Å². The van der Waals surface area contributed by atoms with E-state index in [1.165, 1.54) is 47.8 Å². The minimum absolute atomic E-state index is 1.14. The van der Waals surface area contributed by atoms with Crippen molar-refractivity contribution in [3.05, 3.63) is 140 Å². The molecular formula is C34H23NS. The van der Waals surface area contributed by atoms with Crippen LogP contribution in [0, 0.1) is 0 Å². The molecular weight excluding hydrogens is 454 g/mol. The van der Waals surface area contributed by atoms with E-state index < -0.39 is 0 Å². The topological polar surface area (TPSA) is 3.24 Å². The average Bonchev–Trinajstić information content (AvgIpc) is 3.32. The standard InChI is InChI=1S/C34H23NS/c1-2-13-27(14-3-1)35(32-18-9-11-24-10-4-5-16-29(24)32)28-15-8-12-25(22-28)26-20-21-34-31(23-26)30-17-6-7-19-33(30)36-34/h1-23H. The predicted octanol–water partition coefficient (Wildman–Crippen LogP) is 10.3. The Balaban J connectivity index is 1.41. The molecule has 0 N–H and O–H groups in total. The molecule has 0 saturated heterocycles. The molecule has 7 aromatic rings. The predicted molar refractivity (Wildman–Crippen MR) is 157 cm³/mol. The van der Waals surface area contributed by atoms with Gasteiger partial charge < -0.3 is 4.90 Å². The van der Waals surface area contributed by atoms with Crippen LogP contribution < -0.4 is 4.90 Å². The number of anilines is 3. The number of thiophene rings is 1. The minimum atomic E-state index is 1.14. The van der Waals surface area contributed by atoms with E-state index in [1.807, 2.05) is 11.3 Å². The molecule has 0 radical (unpaired) electrons. The van der Waals surface area contributed by atoms with Crippen LogP contribution >= 0.6 is 11.3 Å². The van der Waals surface area contributed by atoms with Gasteiger partial charge >= 0.3 is 0 Å². The van der Waals surface area contributed by atoms with Crippen molar-refractivity contribution in [2.24, 2.45) is 0 Å². The first-order valence-corrected chi connectivity index (χ1v) is 13.0. The second-order valence-electron chi connectivity index (χ2n) is 9.03. The summed E-state index contributed by atoms with van der Waals surface area (Å²) in [6, 6.07) is 50.2. The monoisotopic (exact) mass is 477 g/mol. The molecule has 6 aromatic carbocycles. The fraction of sp³-hybridized carbons (Fsp3) is 0.